The molecule has 0 aromatic heterocycles. The molecular formula is C14H22ClNO3. The average molecular weight is 288 g/mol. The van der Waals surface area contributed by atoms with E-state index in [9.17, 15) is 0 Å². The maximum atomic E-state index is 6.16. The van der Waals surface area contributed by atoms with Crippen molar-refractivity contribution in [2.45, 2.75) is 13.5 Å². The fraction of sp³-hybridized carbons (Fsp3) is 0.571. The van der Waals surface area contributed by atoms with E-state index >= 15 is 0 Å². The average Bonchev–Trinajstić information content (AvgIpc) is 2.42. The molecule has 0 heterocycles. The van der Waals surface area contributed by atoms with Crippen molar-refractivity contribution in [3.63, 3.8) is 0 Å². The number of ether oxygens (including phenoxy) is 3. The van der Waals surface area contributed by atoms with Gasteiger partial charge in [-0.15, -0.1) is 0 Å². The maximum absolute atomic E-state index is 6.16. The molecule has 5 heteroatoms. The van der Waals surface area contributed by atoms with Crippen molar-refractivity contribution in [1.82, 2.24) is 5.32 Å². The van der Waals surface area contributed by atoms with E-state index in [0.29, 0.717) is 37.2 Å². The summed E-state index contributed by atoms with van der Waals surface area (Å²) in [5, 5.41) is 3.89. The second-order valence-electron chi connectivity index (χ2n) is 3.98. The zero-order valence-electron chi connectivity index (χ0n) is 11.6. The Morgan fingerprint density at radius 3 is 2.74 bits per heavy atom. The predicted octanol–water partition coefficient (Wildman–Crippen LogP) is 2.49. The molecule has 108 valence electrons. The number of nitrogens with one attached hydrogen (secondary N) is 1. The summed E-state index contributed by atoms with van der Waals surface area (Å²) in [6.45, 7) is 6.03. The van der Waals surface area contributed by atoms with Crippen LogP contribution >= 0.6 is 11.6 Å². The molecule has 0 aliphatic rings. The Balaban J connectivity index is 2.36. The molecule has 0 saturated heterocycles. The van der Waals surface area contributed by atoms with Crippen LogP contribution in [0.25, 0.3) is 0 Å². The molecule has 0 atom stereocenters. The molecule has 1 aromatic carbocycles. The van der Waals surface area contributed by atoms with Crippen LogP contribution in [0.5, 0.6) is 5.75 Å². The standard InChI is InChI=1S/C14H22ClNO3/c1-3-18-8-9-19-14-5-4-12(10-13(14)15)11-16-6-7-17-2/h4-5,10,16H,3,6-9,11H2,1-2H3. The van der Waals surface area contributed by atoms with Gasteiger partial charge in [0.15, 0.2) is 0 Å². The van der Waals surface area contributed by atoms with E-state index in [0.717, 1.165) is 18.7 Å². The molecule has 0 saturated carbocycles. The normalized spacial score (nSPS) is 10.7. The van der Waals surface area contributed by atoms with E-state index in [1.54, 1.807) is 7.11 Å². The van der Waals surface area contributed by atoms with Crippen LogP contribution in [-0.4, -0.2) is 40.1 Å². The van der Waals surface area contributed by atoms with E-state index in [2.05, 4.69) is 5.32 Å². The molecule has 1 aromatic rings. The molecule has 1 rings (SSSR count). The first-order valence-corrected chi connectivity index (χ1v) is 6.84. The van der Waals surface area contributed by atoms with Gasteiger partial charge in [0, 0.05) is 26.8 Å². The monoisotopic (exact) mass is 287 g/mol. The Kier molecular flexibility index (Phi) is 8.58. The Morgan fingerprint density at radius 2 is 2.05 bits per heavy atom. The minimum atomic E-state index is 0.513. The van der Waals surface area contributed by atoms with Crippen LogP contribution in [0.3, 0.4) is 0 Å². The minimum absolute atomic E-state index is 0.513. The number of halogens is 1. The lowest BCUT2D eigenvalue weighted by atomic mass is 10.2. The fourth-order valence-electron chi connectivity index (χ4n) is 1.53. The first-order chi connectivity index (χ1) is 9.27. The summed E-state index contributed by atoms with van der Waals surface area (Å²) < 4.78 is 15.7. The Labute approximate surface area is 120 Å². The molecule has 0 bridgehead atoms. The highest BCUT2D eigenvalue weighted by Crippen LogP contribution is 2.25. The molecular weight excluding hydrogens is 266 g/mol. The highest BCUT2D eigenvalue weighted by Gasteiger charge is 2.03. The quantitative estimate of drug-likeness (QED) is 0.671. The number of rotatable bonds is 10. The lowest BCUT2D eigenvalue weighted by Gasteiger charge is -2.10. The highest BCUT2D eigenvalue weighted by atomic mass is 35.5. The van der Waals surface area contributed by atoms with E-state index in [1.165, 1.54) is 0 Å². The number of benzene rings is 1. The summed E-state index contributed by atoms with van der Waals surface area (Å²) in [6.07, 6.45) is 0. The second kappa shape index (κ2) is 10.0. The third-order valence-corrected chi connectivity index (χ3v) is 2.79. The van der Waals surface area contributed by atoms with Crippen LogP contribution in [0.15, 0.2) is 18.2 Å². The van der Waals surface area contributed by atoms with Crippen LogP contribution in [0.4, 0.5) is 0 Å². The molecule has 0 unspecified atom stereocenters. The summed E-state index contributed by atoms with van der Waals surface area (Å²) in [5.41, 5.74) is 1.12. The van der Waals surface area contributed by atoms with Gasteiger partial charge in [-0.05, 0) is 24.6 Å². The van der Waals surface area contributed by atoms with Crippen LogP contribution in [-0.2, 0) is 16.0 Å². The molecule has 0 fully saturated rings. The predicted molar refractivity (Wildman–Crippen MR) is 77.0 cm³/mol. The van der Waals surface area contributed by atoms with Gasteiger partial charge < -0.3 is 19.5 Å². The topological polar surface area (TPSA) is 39.7 Å². The highest BCUT2D eigenvalue weighted by molar-refractivity contribution is 6.32. The summed E-state index contributed by atoms with van der Waals surface area (Å²) in [4.78, 5) is 0. The Bertz CT molecular complexity index is 361. The number of hydrogen-bond acceptors (Lipinski definition) is 4. The summed E-state index contributed by atoms with van der Waals surface area (Å²) in [7, 11) is 1.69. The number of hydrogen-bond donors (Lipinski definition) is 1. The van der Waals surface area contributed by atoms with Crippen LogP contribution in [0.2, 0.25) is 5.02 Å². The van der Waals surface area contributed by atoms with Crippen molar-refractivity contribution in [2.24, 2.45) is 0 Å². The van der Waals surface area contributed by atoms with Crippen molar-refractivity contribution in [1.29, 1.82) is 0 Å². The lowest BCUT2D eigenvalue weighted by molar-refractivity contribution is 0.110. The first-order valence-electron chi connectivity index (χ1n) is 6.46. The SMILES string of the molecule is CCOCCOc1ccc(CNCCOC)cc1Cl. The van der Waals surface area contributed by atoms with Crippen molar-refractivity contribution in [2.75, 3.05) is 40.1 Å². The van der Waals surface area contributed by atoms with Crippen LogP contribution < -0.4 is 10.1 Å². The first kappa shape index (κ1) is 16.2. The van der Waals surface area contributed by atoms with Gasteiger partial charge in [0.25, 0.3) is 0 Å². The zero-order valence-corrected chi connectivity index (χ0v) is 12.3. The van der Waals surface area contributed by atoms with Gasteiger partial charge >= 0.3 is 0 Å². The Morgan fingerprint density at radius 1 is 1.21 bits per heavy atom. The van der Waals surface area contributed by atoms with Crippen LogP contribution in [0.1, 0.15) is 12.5 Å². The van der Waals surface area contributed by atoms with Gasteiger partial charge in [-0.2, -0.15) is 0 Å². The maximum Gasteiger partial charge on any atom is 0.138 e. The smallest absolute Gasteiger partial charge is 0.138 e. The van der Waals surface area contributed by atoms with Crippen molar-refractivity contribution < 1.29 is 14.2 Å². The molecule has 0 aliphatic carbocycles. The van der Waals surface area contributed by atoms with E-state index in [1.807, 2.05) is 25.1 Å². The molecule has 0 aliphatic heterocycles. The van der Waals surface area contributed by atoms with Gasteiger partial charge in [0.1, 0.15) is 12.4 Å². The third-order valence-electron chi connectivity index (χ3n) is 2.50. The summed E-state index contributed by atoms with van der Waals surface area (Å²) in [5.74, 6) is 0.696. The summed E-state index contributed by atoms with van der Waals surface area (Å²) >= 11 is 6.16. The van der Waals surface area contributed by atoms with E-state index in [4.69, 9.17) is 25.8 Å². The molecule has 19 heavy (non-hydrogen) atoms. The Hall–Kier alpha value is -0.810. The lowest BCUT2D eigenvalue weighted by Crippen LogP contribution is -2.18. The van der Waals surface area contributed by atoms with E-state index < -0.39 is 0 Å². The van der Waals surface area contributed by atoms with Gasteiger partial charge in [-0.3, -0.25) is 0 Å². The van der Waals surface area contributed by atoms with Gasteiger partial charge in [0.05, 0.1) is 18.2 Å². The molecule has 0 amide bonds. The van der Waals surface area contributed by atoms with Crippen molar-refractivity contribution >= 4 is 11.6 Å². The summed E-state index contributed by atoms with van der Waals surface area (Å²) in [6, 6.07) is 5.81. The second-order valence-corrected chi connectivity index (χ2v) is 4.39. The molecule has 0 radical (unpaired) electrons. The van der Waals surface area contributed by atoms with E-state index in [-0.39, 0.29) is 0 Å². The van der Waals surface area contributed by atoms with Crippen molar-refractivity contribution in [3.8, 4) is 5.75 Å². The molecule has 4 nitrogen and oxygen atoms in total. The van der Waals surface area contributed by atoms with Crippen LogP contribution in [0, 0.1) is 0 Å². The third kappa shape index (κ3) is 6.78. The molecule has 1 N–H and O–H groups in total. The number of methoxy groups -OCH3 is 1. The van der Waals surface area contributed by atoms with Gasteiger partial charge in [-0.1, -0.05) is 17.7 Å². The van der Waals surface area contributed by atoms with Gasteiger partial charge in [-0.25, -0.2) is 0 Å². The zero-order chi connectivity index (χ0) is 13.9. The fourth-order valence-corrected chi connectivity index (χ4v) is 1.79. The molecule has 0 spiro atoms. The van der Waals surface area contributed by atoms with Gasteiger partial charge in [0.2, 0.25) is 0 Å². The largest absolute Gasteiger partial charge is 0.490 e. The minimum Gasteiger partial charge on any atom is -0.490 e. The van der Waals surface area contributed by atoms with Crippen molar-refractivity contribution in [3.05, 3.63) is 28.8 Å².